The number of nitro benzene ring substituents is 1. The summed E-state index contributed by atoms with van der Waals surface area (Å²) in [7, 11) is -3.96. The molecule has 214 valence electrons. The van der Waals surface area contributed by atoms with E-state index in [2.05, 4.69) is 10.3 Å². The van der Waals surface area contributed by atoms with Crippen LogP contribution in [0.2, 0.25) is 0 Å². The second kappa shape index (κ2) is 15.0. The van der Waals surface area contributed by atoms with Crippen molar-refractivity contribution in [3.8, 4) is 11.3 Å². The van der Waals surface area contributed by atoms with Gasteiger partial charge in [0.1, 0.15) is 5.69 Å². The molecule has 0 aliphatic carbocycles. The van der Waals surface area contributed by atoms with Gasteiger partial charge in [-0.1, -0.05) is 16.9 Å². The lowest BCUT2D eigenvalue weighted by Gasteiger charge is -2.18. The van der Waals surface area contributed by atoms with Crippen molar-refractivity contribution >= 4 is 25.6 Å². The molecule has 39 heavy (non-hydrogen) atoms. The molecule has 1 heterocycles. The van der Waals surface area contributed by atoms with Gasteiger partial charge >= 0.3 is 19.9 Å². The maximum Gasteiger partial charge on any atom is 0.510 e. The van der Waals surface area contributed by atoms with Crippen molar-refractivity contribution in [2.45, 2.75) is 53.4 Å². The number of benzene rings is 1. The van der Waals surface area contributed by atoms with Crippen LogP contribution in [0.15, 0.2) is 42.1 Å². The molecule has 15 nitrogen and oxygen atoms in total. The fraction of sp³-hybridized carbons (Fsp3) is 0.478. The van der Waals surface area contributed by atoms with Crippen LogP contribution in [0.1, 0.15) is 34.6 Å². The van der Waals surface area contributed by atoms with Crippen LogP contribution in [0.5, 0.6) is 0 Å². The van der Waals surface area contributed by atoms with Gasteiger partial charge in [0.25, 0.3) is 5.69 Å². The molecule has 0 amide bonds. The molecule has 2 aromatic rings. The van der Waals surface area contributed by atoms with E-state index in [4.69, 9.17) is 28.0 Å². The third kappa shape index (κ3) is 11.6. The van der Waals surface area contributed by atoms with Gasteiger partial charge in [-0.15, -0.1) is 5.10 Å². The second-order valence-electron chi connectivity index (χ2n) is 8.57. The van der Waals surface area contributed by atoms with E-state index in [1.54, 1.807) is 59.0 Å². The first-order valence-corrected chi connectivity index (χ1v) is 13.4. The molecule has 0 N–H and O–H groups in total. The lowest BCUT2D eigenvalue weighted by Crippen LogP contribution is -2.16. The van der Waals surface area contributed by atoms with Crippen molar-refractivity contribution < 1.29 is 47.1 Å². The van der Waals surface area contributed by atoms with Crippen molar-refractivity contribution in [2.75, 3.05) is 19.7 Å². The zero-order valence-corrected chi connectivity index (χ0v) is 23.1. The summed E-state index contributed by atoms with van der Waals surface area (Å²) in [6, 6.07) is 5.88. The molecule has 0 saturated carbocycles. The van der Waals surface area contributed by atoms with Crippen LogP contribution in [-0.4, -0.2) is 64.2 Å². The zero-order valence-electron chi connectivity index (χ0n) is 22.2. The van der Waals surface area contributed by atoms with E-state index in [1.165, 1.54) is 16.8 Å². The van der Waals surface area contributed by atoms with Crippen molar-refractivity contribution in [1.82, 2.24) is 15.0 Å². The summed E-state index contributed by atoms with van der Waals surface area (Å²) in [5.74, 6) is 0. The molecule has 0 saturated heterocycles. The van der Waals surface area contributed by atoms with Crippen LogP contribution in [0, 0.1) is 10.1 Å². The van der Waals surface area contributed by atoms with Gasteiger partial charge in [0.2, 0.25) is 13.6 Å². The minimum atomic E-state index is -3.96. The molecule has 0 unspecified atom stereocenters. The average molecular weight is 570 g/mol. The number of ether oxygens (including phenoxy) is 4. The maximum atomic E-state index is 13.2. The summed E-state index contributed by atoms with van der Waals surface area (Å²) in [4.78, 5) is 33.5. The van der Waals surface area contributed by atoms with E-state index in [9.17, 15) is 24.3 Å². The lowest BCUT2D eigenvalue weighted by molar-refractivity contribution is -0.384. The molecule has 0 atom stereocenters. The smallest absolute Gasteiger partial charge is 0.432 e. The molecule has 0 aliphatic heterocycles. The Hall–Kier alpha value is -3.81. The Morgan fingerprint density at radius 3 is 2.05 bits per heavy atom. The van der Waals surface area contributed by atoms with Gasteiger partial charge in [-0.05, 0) is 46.8 Å². The predicted octanol–water partition coefficient (Wildman–Crippen LogP) is 5.06. The Morgan fingerprint density at radius 1 is 1.03 bits per heavy atom. The standard InChI is InChI=1S/C23H31N4O11P/c1-16(2)37-22(28)33-14-35-39(32,36-15-34-23(29)38-17(3)4)11-10-18(5)12-26-13-21(24-25-26)19-6-8-20(9-7-19)27(30)31/h6-10,13,16-17H,11-12,14-15H2,1-5H3/b18-10+. The van der Waals surface area contributed by atoms with E-state index in [1.807, 2.05) is 0 Å². The van der Waals surface area contributed by atoms with E-state index in [0.29, 0.717) is 16.8 Å². The van der Waals surface area contributed by atoms with Crippen molar-refractivity contribution in [3.05, 3.63) is 52.2 Å². The van der Waals surface area contributed by atoms with Gasteiger partial charge < -0.3 is 18.9 Å². The van der Waals surface area contributed by atoms with Gasteiger partial charge in [0, 0.05) is 17.7 Å². The molecular weight excluding hydrogens is 539 g/mol. The Bertz CT molecular complexity index is 1160. The Labute approximate surface area is 224 Å². The summed E-state index contributed by atoms with van der Waals surface area (Å²) < 4.78 is 44.2. The highest BCUT2D eigenvalue weighted by atomic mass is 31.2. The van der Waals surface area contributed by atoms with Crippen molar-refractivity contribution in [3.63, 3.8) is 0 Å². The minimum absolute atomic E-state index is 0.0387. The van der Waals surface area contributed by atoms with E-state index in [-0.39, 0.29) is 18.4 Å². The largest absolute Gasteiger partial charge is 0.510 e. The Morgan fingerprint density at radius 2 is 1.56 bits per heavy atom. The quantitative estimate of drug-likeness (QED) is 0.0734. The van der Waals surface area contributed by atoms with Crippen molar-refractivity contribution in [1.29, 1.82) is 0 Å². The first kappa shape index (κ1) is 31.4. The van der Waals surface area contributed by atoms with Crippen LogP contribution in [0.3, 0.4) is 0 Å². The Kier molecular flexibility index (Phi) is 12.0. The van der Waals surface area contributed by atoms with Gasteiger partial charge in [-0.3, -0.25) is 23.7 Å². The first-order chi connectivity index (χ1) is 18.4. The van der Waals surface area contributed by atoms with Gasteiger partial charge in [0.05, 0.1) is 36.0 Å². The van der Waals surface area contributed by atoms with Crippen LogP contribution >= 0.6 is 7.60 Å². The number of rotatable bonds is 14. The number of hydrogen-bond acceptors (Lipinski definition) is 13. The number of nitrogens with zero attached hydrogens (tertiary/aromatic N) is 4. The number of carbonyl (C=O) groups is 2. The second-order valence-corrected chi connectivity index (χ2v) is 10.7. The number of non-ortho nitro benzene ring substituents is 1. The summed E-state index contributed by atoms with van der Waals surface area (Å²) in [6.45, 7) is 7.05. The summed E-state index contributed by atoms with van der Waals surface area (Å²) in [5, 5.41) is 18.9. The highest BCUT2D eigenvalue weighted by molar-refractivity contribution is 7.54. The summed E-state index contributed by atoms with van der Waals surface area (Å²) in [5.41, 5.74) is 1.81. The molecule has 0 bridgehead atoms. The predicted molar refractivity (Wildman–Crippen MR) is 136 cm³/mol. The molecule has 0 radical (unpaired) electrons. The summed E-state index contributed by atoms with van der Waals surface area (Å²) in [6.07, 6.45) is 0.0624. The molecule has 0 spiro atoms. The zero-order chi connectivity index (χ0) is 29.0. The fourth-order valence-electron chi connectivity index (χ4n) is 2.75. The van der Waals surface area contributed by atoms with Gasteiger partial charge in [-0.25, -0.2) is 14.3 Å². The van der Waals surface area contributed by atoms with Gasteiger partial charge in [0.15, 0.2) is 0 Å². The third-order valence-electron chi connectivity index (χ3n) is 4.50. The van der Waals surface area contributed by atoms with E-state index >= 15 is 0 Å². The molecule has 0 aliphatic rings. The van der Waals surface area contributed by atoms with E-state index in [0.717, 1.165) is 0 Å². The SMILES string of the molecule is C/C(=C\CP(=O)(OCOC(=O)OC(C)C)OCOC(=O)OC(C)C)Cn1cc(-c2ccc([N+](=O)[O-])cc2)nn1. The lowest BCUT2D eigenvalue weighted by atomic mass is 10.1. The normalized spacial score (nSPS) is 11.9. The average Bonchev–Trinajstić information content (AvgIpc) is 3.30. The first-order valence-electron chi connectivity index (χ1n) is 11.7. The van der Waals surface area contributed by atoms with Crippen LogP contribution in [0.4, 0.5) is 15.3 Å². The fourth-order valence-corrected chi connectivity index (χ4v) is 4.00. The third-order valence-corrected chi connectivity index (χ3v) is 6.13. The molecule has 2 rings (SSSR count). The number of hydrogen-bond donors (Lipinski definition) is 0. The number of allylic oxidation sites excluding steroid dienone is 2. The Balaban J connectivity index is 2.01. The highest BCUT2D eigenvalue weighted by Crippen LogP contribution is 2.48. The number of aromatic nitrogens is 3. The van der Waals surface area contributed by atoms with Crippen LogP contribution in [-0.2, 0) is 39.1 Å². The van der Waals surface area contributed by atoms with Crippen LogP contribution in [0.25, 0.3) is 11.3 Å². The highest BCUT2D eigenvalue weighted by Gasteiger charge is 2.26. The number of carbonyl (C=O) groups excluding carboxylic acids is 2. The van der Waals surface area contributed by atoms with Crippen molar-refractivity contribution in [2.24, 2.45) is 0 Å². The topological polar surface area (TPSA) is 180 Å². The van der Waals surface area contributed by atoms with Gasteiger partial charge in [-0.2, -0.15) is 0 Å². The summed E-state index contributed by atoms with van der Waals surface area (Å²) >= 11 is 0. The minimum Gasteiger partial charge on any atom is -0.432 e. The molecule has 0 fully saturated rings. The van der Waals surface area contributed by atoms with Crippen LogP contribution < -0.4 is 0 Å². The number of nitro groups is 1. The molecule has 1 aromatic heterocycles. The molecule has 1 aromatic carbocycles. The maximum absolute atomic E-state index is 13.2. The molecular formula is C23H31N4O11P. The molecule has 16 heteroatoms. The van der Waals surface area contributed by atoms with E-state index < -0.39 is 50.6 Å². The monoisotopic (exact) mass is 570 g/mol.